The first kappa shape index (κ1) is 12.9. The predicted octanol–water partition coefficient (Wildman–Crippen LogP) is 4.81. The highest BCUT2D eigenvalue weighted by Gasteiger charge is 2.02. The summed E-state index contributed by atoms with van der Waals surface area (Å²) in [4.78, 5) is 4.16. The Morgan fingerprint density at radius 1 is 1.15 bits per heavy atom. The smallest absolute Gasteiger partial charge is 0.0410 e. The van der Waals surface area contributed by atoms with Gasteiger partial charge in [0.05, 0.1) is 0 Å². The largest absolute Gasteiger partial charge is 0.381 e. The van der Waals surface area contributed by atoms with Gasteiger partial charge in [0, 0.05) is 35.0 Å². The van der Waals surface area contributed by atoms with Gasteiger partial charge in [-0.1, -0.05) is 29.8 Å². The Hall–Kier alpha value is -2.06. The normalized spacial score (nSPS) is 10.7. The van der Waals surface area contributed by atoms with Crippen LogP contribution in [0.1, 0.15) is 11.1 Å². The van der Waals surface area contributed by atoms with Gasteiger partial charge in [-0.15, -0.1) is 0 Å². The monoisotopic (exact) mass is 282 g/mol. The molecule has 0 aliphatic heterocycles. The van der Waals surface area contributed by atoms with Crippen LogP contribution in [0.3, 0.4) is 0 Å². The van der Waals surface area contributed by atoms with Crippen molar-refractivity contribution in [2.75, 3.05) is 5.32 Å². The molecule has 0 saturated heterocycles. The number of rotatable bonds is 3. The maximum Gasteiger partial charge on any atom is 0.0410 e. The van der Waals surface area contributed by atoms with Gasteiger partial charge in [-0.3, -0.25) is 4.98 Å². The van der Waals surface area contributed by atoms with Gasteiger partial charge in [-0.2, -0.15) is 0 Å². The molecule has 2 aromatic carbocycles. The average Bonchev–Trinajstić information content (AvgIpc) is 2.46. The standard InChI is InChI=1S/C17H15ClN2/c1-12-9-15(18)5-6-17(12)20-11-14-4-2-3-13-10-19-8-7-16(13)14/h2-10,20H,11H2,1H3. The first-order chi connectivity index (χ1) is 9.74. The zero-order chi connectivity index (χ0) is 13.9. The third kappa shape index (κ3) is 2.61. The number of nitrogens with one attached hydrogen (secondary N) is 1. The number of halogens is 1. The van der Waals surface area contributed by atoms with Crippen LogP contribution >= 0.6 is 11.6 Å². The molecule has 0 amide bonds. The molecular formula is C17H15ClN2. The minimum atomic E-state index is 0.768. The van der Waals surface area contributed by atoms with E-state index < -0.39 is 0 Å². The Morgan fingerprint density at radius 3 is 2.90 bits per heavy atom. The Labute approximate surface area is 123 Å². The molecule has 0 fully saturated rings. The van der Waals surface area contributed by atoms with Gasteiger partial charge < -0.3 is 5.32 Å². The van der Waals surface area contributed by atoms with Crippen LogP contribution in [-0.2, 0) is 6.54 Å². The van der Waals surface area contributed by atoms with Gasteiger partial charge in [-0.25, -0.2) is 0 Å². The van der Waals surface area contributed by atoms with Crippen molar-refractivity contribution < 1.29 is 0 Å². The lowest BCUT2D eigenvalue weighted by atomic mass is 10.1. The summed E-state index contributed by atoms with van der Waals surface area (Å²) in [5.41, 5.74) is 3.53. The molecule has 100 valence electrons. The van der Waals surface area contributed by atoms with Crippen LogP contribution in [-0.4, -0.2) is 4.98 Å². The van der Waals surface area contributed by atoms with Crippen molar-refractivity contribution in [3.8, 4) is 0 Å². The SMILES string of the molecule is Cc1cc(Cl)ccc1NCc1cccc2cnccc12. The molecule has 3 aromatic rings. The Morgan fingerprint density at radius 2 is 2.05 bits per heavy atom. The molecule has 20 heavy (non-hydrogen) atoms. The number of hydrogen-bond acceptors (Lipinski definition) is 2. The first-order valence-corrected chi connectivity index (χ1v) is 6.93. The molecule has 0 radical (unpaired) electrons. The number of pyridine rings is 1. The fourth-order valence-electron chi connectivity index (χ4n) is 2.36. The average molecular weight is 283 g/mol. The molecule has 3 rings (SSSR count). The lowest BCUT2D eigenvalue weighted by Gasteiger charge is -2.11. The number of aromatic nitrogens is 1. The molecule has 1 aromatic heterocycles. The lowest BCUT2D eigenvalue weighted by molar-refractivity contribution is 1.15. The summed E-state index contributed by atoms with van der Waals surface area (Å²) >= 11 is 5.98. The second-order valence-corrected chi connectivity index (χ2v) is 5.26. The minimum absolute atomic E-state index is 0.768. The quantitative estimate of drug-likeness (QED) is 0.746. The summed E-state index contributed by atoms with van der Waals surface area (Å²) in [6.07, 6.45) is 3.73. The van der Waals surface area contributed by atoms with E-state index in [2.05, 4.69) is 41.5 Å². The molecule has 0 aliphatic rings. The van der Waals surface area contributed by atoms with E-state index in [4.69, 9.17) is 11.6 Å². The van der Waals surface area contributed by atoms with E-state index in [1.165, 1.54) is 16.3 Å². The van der Waals surface area contributed by atoms with E-state index in [-0.39, 0.29) is 0 Å². The van der Waals surface area contributed by atoms with Crippen molar-refractivity contribution in [2.45, 2.75) is 13.5 Å². The molecule has 0 saturated carbocycles. The minimum Gasteiger partial charge on any atom is -0.381 e. The summed E-state index contributed by atoms with van der Waals surface area (Å²) < 4.78 is 0. The highest BCUT2D eigenvalue weighted by Crippen LogP contribution is 2.22. The number of fused-ring (bicyclic) bond motifs is 1. The molecule has 0 unspecified atom stereocenters. The number of benzene rings is 2. The molecule has 0 aliphatic carbocycles. The van der Waals surface area contributed by atoms with Gasteiger partial charge >= 0.3 is 0 Å². The van der Waals surface area contributed by atoms with Crippen molar-refractivity contribution >= 4 is 28.1 Å². The second-order valence-electron chi connectivity index (χ2n) is 4.83. The first-order valence-electron chi connectivity index (χ1n) is 6.56. The Kier molecular flexibility index (Phi) is 3.57. The predicted molar refractivity (Wildman–Crippen MR) is 85.3 cm³/mol. The van der Waals surface area contributed by atoms with E-state index in [0.717, 1.165) is 22.8 Å². The van der Waals surface area contributed by atoms with Gasteiger partial charge in [0.15, 0.2) is 0 Å². The highest BCUT2D eigenvalue weighted by molar-refractivity contribution is 6.30. The van der Waals surface area contributed by atoms with E-state index >= 15 is 0 Å². The highest BCUT2D eigenvalue weighted by atomic mass is 35.5. The van der Waals surface area contributed by atoms with E-state index in [1.54, 1.807) is 0 Å². The van der Waals surface area contributed by atoms with Gasteiger partial charge in [0.1, 0.15) is 0 Å². The summed E-state index contributed by atoms with van der Waals surface area (Å²) in [5.74, 6) is 0. The van der Waals surface area contributed by atoms with Gasteiger partial charge in [0.2, 0.25) is 0 Å². The van der Waals surface area contributed by atoms with Crippen LogP contribution in [0.2, 0.25) is 5.02 Å². The number of aryl methyl sites for hydroxylation is 1. The second kappa shape index (κ2) is 5.51. The van der Waals surface area contributed by atoms with E-state index in [1.807, 2.05) is 30.6 Å². The summed E-state index contributed by atoms with van der Waals surface area (Å²) in [5, 5.41) is 6.64. The lowest BCUT2D eigenvalue weighted by Crippen LogP contribution is -2.01. The molecule has 0 atom stereocenters. The fourth-order valence-corrected chi connectivity index (χ4v) is 2.59. The van der Waals surface area contributed by atoms with Crippen LogP contribution in [0.15, 0.2) is 54.9 Å². The van der Waals surface area contributed by atoms with E-state index in [9.17, 15) is 0 Å². The summed E-state index contributed by atoms with van der Waals surface area (Å²) in [6, 6.07) is 14.2. The maximum absolute atomic E-state index is 5.98. The molecule has 1 N–H and O–H groups in total. The third-order valence-corrected chi connectivity index (χ3v) is 3.66. The topological polar surface area (TPSA) is 24.9 Å². The molecule has 3 heteroatoms. The zero-order valence-corrected chi connectivity index (χ0v) is 12.0. The van der Waals surface area contributed by atoms with Crippen LogP contribution in [0, 0.1) is 6.92 Å². The Bertz CT molecular complexity index is 748. The number of anilines is 1. The molecule has 1 heterocycles. The fraction of sp³-hybridized carbons (Fsp3) is 0.118. The Balaban J connectivity index is 1.87. The zero-order valence-electron chi connectivity index (χ0n) is 11.2. The summed E-state index contributed by atoms with van der Waals surface area (Å²) in [6.45, 7) is 2.84. The maximum atomic E-state index is 5.98. The number of hydrogen-bond donors (Lipinski definition) is 1. The van der Waals surface area contributed by atoms with Crippen molar-refractivity contribution in [1.82, 2.24) is 4.98 Å². The number of nitrogens with zero attached hydrogens (tertiary/aromatic N) is 1. The van der Waals surface area contributed by atoms with Crippen molar-refractivity contribution in [2.24, 2.45) is 0 Å². The van der Waals surface area contributed by atoms with Gasteiger partial charge in [0.25, 0.3) is 0 Å². The molecule has 2 nitrogen and oxygen atoms in total. The molecular weight excluding hydrogens is 268 g/mol. The van der Waals surface area contributed by atoms with Crippen molar-refractivity contribution in [1.29, 1.82) is 0 Å². The van der Waals surface area contributed by atoms with Crippen LogP contribution in [0.25, 0.3) is 10.8 Å². The van der Waals surface area contributed by atoms with Gasteiger partial charge in [-0.05, 0) is 47.7 Å². The van der Waals surface area contributed by atoms with E-state index in [0.29, 0.717) is 0 Å². The van der Waals surface area contributed by atoms with Crippen LogP contribution in [0.4, 0.5) is 5.69 Å². The van der Waals surface area contributed by atoms with Crippen LogP contribution in [0.5, 0.6) is 0 Å². The van der Waals surface area contributed by atoms with Crippen molar-refractivity contribution in [3.63, 3.8) is 0 Å². The summed E-state index contributed by atoms with van der Waals surface area (Å²) in [7, 11) is 0. The van der Waals surface area contributed by atoms with Crippen LogP contribution < -0.4 is 5.32 Å². The molecule has 0 spiro atoms. The third-order valence-electron chi connectivity index (χ3n) is 3.43. The molecule has 0 bridgehead atoms. The van der Waals surface area contributed by atoms with Crippen molar-refractivity contribution in [3.05, 3.63) is 71.0 Å².